The number of aliphatic hydroxyl groups is 1. The molecular weight excluding hydrogens is 240 g/mol. The van der Waals surface area contributed by atoms with Crippen LogP contribution in [0.3, 0.4) is 0 Å². The smallest absolute Gasteiger partial charge is 0.335 e. The van der Waals surface area contributed by atoms with E-state index in [1.54, 1.807) is 0 Å². The van der Waals surface area contributed by atoms with Crippen LogP contribution in [0.2, 0.25) is 0 Å². The lowest BCUT2D eigenvalue weighted by atomic mass is 9.49. The quantitative estimate of drug-likeness (QED) is 0.484. The van der Waals surface area contributed by atoms with Gasteiger partial charge in [0.15, 0.2) is 6.29 Å². The van der Waals surface area contributed by atoms with Crippen LogP contribution in [0.25, 0.3) is 0 Å². The molecule has 19 heavy (non-hydrogen) atoms. The first-order valence-corrected chi connectivity index (χ1v) is 7.54. The average molecular weight is 264 g/mol. The van der Waals surface area contributed by atoms with Crippen molar-refractivity contribution in [1.29, 1.82) is 0 Å². The lowest BCUT2D eigenvalue weighted by molar-refractivity contribution is -0.159. The molecule has 0 aromatic rings. The minimum absolute atomic E-state index is 0.247. The summed E-state index contributed by atoms with van der Waals surface area (Å²) in [5.41, 5.74) is 0.916. The summed E-state index contributed by atoms with van der Waals surface area (Å²) < 4.78 is 4.87. The number of esters is 1. The van der Waals surface area contributed by atoms with Gasteiger partial charge in [0.1, 0.15) is 0 Å². The van der Waals surface area contributed by atoms with Gasteiger partial charge in [-0.25, -0.2) is 4.79 Å². The third kappa shape index (κ3) is 2.58. The molecule has 4 bridgehead atoms. The van der Waals surface area contributed by atoms with Crippen molar-refractivity contribution in [2.45, 2.75) is 58.7 Å². The number of allylic oxidation sites excluding steroid dienone is 1. The Bertz CT molecular complexity index is 373. The summed E-state index contributed by atoms with van der Waals surface area (Å²) in [5, 5.41) is 9.13. The number of rotatable bonds is 3. The van der Waals surface area contributed by atoms with Gasteiger partial charge in [-0.05, 0) is 75.5 Å². The van der Waals surface area contributed by atoms with Gasteiger partial charge in [0, 0.05) is 5.57 Å². The lowest BCUT2D eigenvalue weighted by Crippen LogP contribution is -2.45. The van der Waals surface area contributed by atoms with Gasteiger partial charge >= 0.3 is 5.97 Å². The van der Waals surface area contributed by atoms with Crippen LogP contribution in [0, 0.1) is 23.2 Å². The number of ether oxygens (including phenoxy) is 1. The van der Waals surface area contributed by atoms with Crippen molar-refractivity contribution in [1.82, 2.24) is 0 Å². The molecule has 4 aliphatic rings. The largest absolute Gasteiger partial charge is 0.433 e. The molecule has 4 saturated carbocycles. The van der Waals surface area contributed by atoms with Gasteiger partial charge in [0.25, 0.3) is 0 Å². The Morgan fingerprint density at radius 3 is 2.11 bits per heavy atom. The Morgan fingerprint density at radius 2 is 1.68 bits per heavy atom. The number of hydrogen-bond acceptors (Lipinski definition) is 3. The Morgan fingerprint density at radius 1 is 1.21 bits per heavy atom. The maximum Gasteiger partial charge on any atom is 0.335 e. The lowest BCUT2D eigenvalue weighted by Gasteiger charge is -2.56. The molecule has 3 nitrogen and oxygen atoms in total. The topological polar surface area (TPSA) is 46.5 Å². The molecule has 4 fully saturated rings. The van der Waals surface area contributed by atoms with Gasteiger partial charge in [-0.2, -0.15) is 0 Å². The molecule has 4 aliphatic carbocycles. The minimum Gasteiger partial charge on any atom is -0.433 e. The second-order valence-corrected chi connectivity index (χ2v) is 7.11. The van der Waals surface area contributed by atoms with Crippen LogP contribution in [0.4, 0.5) is 0 Å². The van der Waals surface area contributed by atoms with Crippen molar-refractivity contribution in [3.05, 3.63) is 11.6 Å². The molecule has 1 N–H and O–H groups in total. The third-order valence-corrected chi connectivity index (χ3v) is 5.21. The maximum atomic E-state index is 11.8. The van der Waals surface area contributed by atoms with E-state index in [2.05, 4.69) is 6.08 Å². The van der Waals surface area contributed by atoms with Gasteiger partial charge < -0.3 is 9.84 Å². The number of carbonyl (C=O) groups is 1. The van der Waals surface area contributed by atoms with Crippen molar-refractivity contribution in [2.75, 3.05) is 0 Å². The summed E-state index contributed by atoms with van der Waals surface area (Å²) in [6.07, 6.45) is 9.11. The highest BCUT2D eigenvalue weighted by atomic mass is 16.6. The van der Waals surface area contributed by atoms with E-state index in [0.29, 0.717) is 5.57 Å². The number of hydrogen-bond donors (Lipinski definition) is 1. The molecule has 1 unspecified atom stereocenters. The Balaban J connectivity index is 1.76. The van der Waals surface area contributed by atoms with E-state index in [1.165, 1.54) is 45.4 Å². The first kappa shape index (κ1) is 13.2. The zero-order valence-electron chi connectivity index (χ0n) is 11.9. The monoisotopic (exact) mass is 264 g/mol. The van der Waals surface area contributed by atoms with E-state index in [9.17, 15) is 4.79 Å². The molecule has 0 aromatic heterocycles. The zero-order valence-corrected chi connectivity index (χ0v) is 11.9. The molecule has 4 rings (SSSR count). The Labute approximate surface area is 115 Å². The van der Waals surface area contributed by atoms with E-state index in [-0.39, 0.29) is 11.4 Å². The second-order valence-electron chi connectivity index (χ2n) is 7.11. The van der Waals surface area contributed by atoms with Crippen LogP contribution in [-0.4, -0.2) is 17.4 Å². The van der Waals surface area contributed by atoms with Crippen LogP contribution >= 0.6 is 0 Å². The predicted molar refractivity (Wildman–Crippen MR) is 72.1 cm³/mol. The molecule has 0 heterocycles. The van der Waals surface area contributed by atoms with Crippen LogP contribution in [0.5, 0.6) is 0 Å². The fraction of sp³-hybridized carbons (Fsp3) is 0.812. The summed E-state index contributed by atoms with van der Waals surface area (Å²) in [7, 11) is 0. The highest BCUT2D eigenvalue weighted by Gasteiger charge is 2.49. The first-order valence-electron chi connectivity index (χ1n) is 7.54. The molecule has 0 spiro atoms. The Hall–Kier alpha value is -0.830. The van der Waals surface area contributed by atoms with Gasteiger partial charge in [-0.1, -0.05) is 6.08 Å². The first-order chi connectivity index (χ1) is 8.96. The molecule has 0 saturated heterocycles. The van der Waals surface area contributed by atoms with E-state index >= 15 is 0 Å². The molecule has 1 atom stereocenters. The fourth-order valence-electron chi connectivity index (χ4n) is 5.12. The number of aliphatic hydroxyl groups excluding tert-OH is 1. The third-order valence-electron chi connectivity index (χ3n) is 5.21. The van der Waals surface area contributed by atoms with Crippen molar-refractivity contribution in [3.8, 4) is 0 Å². The Kier molecular flexibility index (Phi) is 3.20. The fourth-order valence-corrected chi connectivity index (χ4v) is 5.12. The van der Waals surface area contributed by atoms with Crippen molar-refractivity contribution >= 4 is 5.97 Å². The van der Waals surface area contributed by atoms with E-state index in [0.717, 1.165) is 17.8 Å². The summed E-state index contributed by atoms with van der Waals surface area (Å²) in [4.78, 5) is 11.8. The molecule has 0 radical (unpaired) electrons. The van der Waals surface area contributed by atoms with Crippen LogP contribution in [-0.2, 0) is 9.53 Å². The van der Waals surface area contributed by atoms with Crippen LogP contribution in [0.1, 0.15) is 52.4 Å². The SMILES string of the molecule is C/C(=C\C12CC3CC(CC(C3)C1)C2)C(=O)OC(C)O. The highest BCUT2D eigenvalue weighted by Crippen LogP contribution is 2.60. The van der Waals surface area contributed by atoms with Gasteiger partial charge in [-0.15, -0.1) is 0 Å². The summed E-state index contributed by atoms with van der Waals surface area (Å²) >= 11 is 0. The summed E-state index contributed by atoms with van der Waals surface area (Å²) in [6.45, 7) is 3.29. The maximum absolute atomic E-state index is 11.8. The molecular formula is C16H24O3. The summed E-state index contributed by atoms with van der Waals surface area (Å²) in [6, 6.07) is 0. The van der Waals surface area contributed by atoms with Gasteiger partial charge in [-0.3, -0.25) is 0 Å². The second kappa shape index (κ2) is 4.62. The van der Waals surface area contributed by atoms with Crippen molar-refractivity contribution in [2.24, 2.45) is 23.2 Å². The zero-order chi connectivity index (χ0) is 13.6. The van der Waals surface area contributed by atoms with E-state index in [4.69, 9.17) is 9.84 Å². The van der Waals surface area contributed by atoms with Crippen LogP contribution < -0.4 is 0 Å². The average Bonchev–Trinajstić information content (AvgIpc) is 2.24. The number of carbonyl (C=O) groups excluding carboxylic acids is 1. The van der Waals surface area contributed by atoms with E-state index < -0.39 is 6.29 Å². The predicted octanol–water partition coefficient (Wildman–Crippen LogP) is 3.03. The van der Waals surface area contributed by atoms with Gasteiger partial charge in [0.05, 0.1) is 0 Å². The standard InChI is InChI=1S/C16H24O3/c1-10(15(18)19-11(2)17)6-16-7-12-3-13(8-16)5-14(4-12)9-16/h6,11-14,17H,3-5,7-9H2,1-2H3/b10-6+. The molecule has 0 amide bonds. The molecule has 106 valence electrons. The highest BCUT2D eigenvalue weighted by molar-refractivity contribution is 5.87. The minimum atomic E-state index is -1.02. The summed E-state index contributed by atoms with van der Waals surface area (Å²) in [5.74, 6) is 2.26. The molecule has 0 aliphatic heterocycles. The molecule has 0 aromatic carbocycles. The van der Waals surface area contributed by atoms with Gasteiger partial charge in [0.2, 0.25) is 0 Å². The van der Waals surface area contributed by atoms with Crippen molar-refractivity contribution < 1.29 is 14.6 Å². The normalized spacial score (nSPS) is 42.3. The van der Waals surface area contributed by atoms with E-state index in [1.807, 2.05) is 6.92 Å². The van der Waals surface area contributed by atoms with Crippen molar-refractivity contribution in [3.63, 3.8) is 0 Å². The molecule has 3 heteroatoms. The van der Waals surface area contributed by atoms with Crippen LogP contribution in [0.15, 0.2) is 11.6 Å².